The molecule has 0 aromatic heterocycles. The first-order valence-corrected chi connectivity index (χ1v) is 48.6. The zero-order chi connectivity index (χ0) is 87.0. The van der Waals surface area contributed by atoms with Crippen molar-refractivity contribution in [1.29, 1.82) is 0 Å². The zero-order valence-corrected chi connectivity index (χ0v) is 78.6. The summed E-state index contributed by atoms with van der Waals surface area (Å²) >= 11 is 0. The number of methoxy groups -OCH3 is 6. The molecular weight excluding hydrogens is 1770 g/mol. The largest absolute Gasteiger partial charge is 1.00 e. The lowest BCUT2D eigenvalue weighted by atomic mass is 10.3. The summed E-state index contributed by atoms with van der Waals surface area (Å²) in [6.07, 6.45) is 0. The van der Waals surface area contributed by atoms with Crippen LogP contribution >= 0.6 is 0 Å². The molecule has 0 saturated heterocycles. The van der Waals surface area contributed by atoms with Gasteiger partial charge in [-0.25, -0.2) is 0 Å². The number of ether oxygens (including phenoxy) is 6. The first-order chi connectivity index (χ1) is 62.3. The fraction of sp³-hybridized carbons (Fsp3) is 0.0526. The summed E-state index contributed by atoms with van der Waals surface area (Å²) in [5.74, 6) is 5.35. The standard InChI is InChI=1S/6C19H17OS.6FH/c6*1-20-16-12-14-19(15-13-16)21(17-8-4-2-5-9-17)18-10-6-3-7-11-18;;;;;;/h6*2-15H,1H3;6*1H/q6*+1;;;;;;/p-6. The van der Waals surface area contributed by atoms with Crippen LogP contribution in [0.4, 0.5) is 0 Å². The van der Waals surface area contributed by atoms with Crippen molar-refractivity contribution in [3.05, 3.63) is 510 Å². The third-order valence-electron chi connectivity index (χ3n) is 19.5. The Morgan fingerprint density at radius 3 is 0.235 bits per heavy atom. The van der Waals surface area contributed by atoms with Crippen molar-refractivity contribution in [3.8, 4) is 34.5 Å². The Kier molecular flexibility index (Phi) is 45.9. The molecule has 18 aromatic rings. The van der Waals surface area contributed by atoms with Crippen LogP contribution in [0.5, 0.6) is 34.5 Å². The summed E-state index contributed by atoms with van der Waals surface area (Å²) in [6, 6.07) is 178. The highest BCUT2D eigenvalue weighted by Gasteiger charge is 2.34. The fourth-order valence-corrected chi connectivity index (χ4v) is 25.9. The Balaban J connectivity index is 0.000000214. The Morgan fingerprint density at radius 2 is 0.167 bits per heavy atom. The third-order valence-corrected chi connectivity index (χ3v) is 32.9. The topological polar surface area (TPSA) is 55.4 Å². The van der Waals surface area contributed by atoms with E-state index in [2.05, 4.69) is 437 Å². The molecule has 0 atom stereocenters. The maximum absolute atomic E-state index is 5.26. The molecule has 0 amide bonds. The molecule has 672 valence electrons. The van der Waals surface area contributed by atoms with Crippen molar-refractivity contribution in [2.45, 2.75) is 88.1 Å². The molecule has 132 heavy (non-hydrogen) atoms. The van der Waals surface area contributed by atoms with Crippen LogP contribution in [0.25, 0.3) is 0 Å². The van der Waals surface area contributed by atoms with Crippen LogP contribution in [0.15, 0.2) is 598 Å². The lowest BCUT2D eigenvalue weighted by molar-refractivity contribution is -0.00100. The molecular formula is C114H102F6O6S6. The van der Waals surface area contributed by atoms with E-state index in [1.54, 1.807) is 42.7 Å². The number of hydrogen-bond acceptors (Lipinski definition) is 6. The zero-order valence-electron chi connectivity index (χ0n) is 73.7. The fourth-order valence-electron chi connectivity index (χ4n) is 13.4. The quantitative estimate of drug-likeness (QED) is 0.0444. The van der Waals surface area contributed by atoms with Crippen molar-refractivity contribution in [2.75, 3.05) is 42.7 Å². The number of hydrogen-bond donors (Lipinski definition) is 0. The molecule has 0 fully saturated rings. The van der Waals surface area contributed by atoms with E-state index in [4.69, 9.17) is 28.4 Å². The number of benzene rings is 18. The van der Waals surface area contributed by atoms with E-state index in [1.807, 2.05) is 72.8 Å². The van der Waals surface area contributed by atoms with Crippen molar-refractivity contribution < 1.29 is 56.6 Å². The van der Waals surface area contributed by atoms with Gasteiger partial charge in [-0.05, 0) is 291 Å². The molecule has 0 radical (unpaired) electrons. The summed E-state index contributed by atoms with van der Waals surface area (Å²) in [7, 11) is 9.70. The van der Waals surface area contributed by atoms with Gasteiger partial charge >= 0.3 is 0 Å². The van der Waals surface area contributed by atoms with E-state index in [0.29, 0.717) is 0 Å². The Morgan fingerprint density at radius 1 is 0.0985 bits per heavy atom. The minimum atomic E-state index is -0.0804. The molecule has 18 heteroatoms. The first kappa shape index (κ1) is 105. The molecule has 0 saturated carbocycles. The Bertz CT molecular complexity index is 4850. The van der Waals surface area contributed by atoms with Gasteiger partial charge in [0.2, 0.25) is 0 Å². The highest BCUT2D eigenvalue weighted by Crippen LogP contribution is 2.39. The minimum absolute atomic E-state index is 0. The van der Waals surface area contributed by atoms with Crippen LogP contribution in [0, 0.1) is 0 Å². The van der Waals surface area contributed by atoms with Crippen molar-refractivity contribution in [2.24, 2.45) is 0 Å². The molecule has 0 heterocycles. The van der Waals surface area contributed by atoms with Gasteiger partial charge in [-0.3, -0.25) is 0 Å². The summed E-state index contributed by atoms with van der Waals surface area (Å²) in [4.78, 5) is 23.7. The van der Waals surface area contributed by atoms with Gasteiger partial charge in [-0.15, -0.1) is 0 Å². The van der Waals surface area contributed by atoms with E-state index in [0.717, 1.165) is 34.5 Å². The number of rotatable bonds is 24. The predicted molar refractivity (Wildman–Crippen MR) is 528 cm³/mol. The minimum Gasteiger partial charge on any atom is -1.00 e. The SMILES string of the molecule is COc1ccc([S+](c2ccccc2)c2ccccc2)cc1.COc1ccc([S+](c2ccccc2)c2ccccc2)cc1.COc1ccc([S+](c2ccccc2)c2ccccc2)cc1.COc1ccc([S+](c2ccccc2)c2ccccc2)cc1.COc1ccc([S+](c2ccccc2)c2ccccc2)cc1.COc1ccc([S+](c2ccccc2)c2ccccc2)cc1.[F-].[F-].[F-].[F-].[F-].[F-]. The lowest BCUT2D eigenvalue weighted by Crippen LogP contribution is -3.00. The first-order valence-electron chi connectivity index (χ1n) is 41.2. The van der Waals surface area contributed by atoms with Gasteiger partial charge < -0.3 is 56.6 Å². The molecule has 0 bridgehead atoms. The van der Waals surface area contributed by atoms with Crippen LogP contribution in [-0.2, 0) is 65.4 Å². The monoisotopic (exact) mass is 1870 g/mol. The molecule has 0 aliphatic heterocycles. The normalized spacial score (nSPS) is 10.1. The van der Waals surface area contributed by atoms with Gasteiger partial charge in [-0.2, -0.15) is 0 Å². The average molecular weight is 1870 g/mol. The van der Waals surface area contributed by atoms with Gasteiger partial charge in [0.05, 0.1) is 108 Å². The molecule has 0 unspecified atom stereocenters. The summed E-state index contributed by atoms with van der Waals surface area (Å²) in [5, 5.41) is 0. The van der Waals surface area contributed by atoms with Gasteiger partial charge in [0.15, 0.2) is 88.1 Å². The Hall–Kier alpha value is -13.6. The molecule has 0 aliphatic rings. The van der Waals surface area contributed by atoms with Crippen LogP contribution in [0.1, 0.15) is 0 Å². The molecule has 18 aromatic carbocycles. The van der Waals surface area contributed by atoms with Crippen molar-refractivity contribution in [1.82, 2.24) is 0 Å². The summed E-state index contributed by atoms with van der Waals surface area (Å²) < 4.78 is 31.6. The highest BCUT2D eigenvalue weighted by atomic mass is 32.2. The van der Waals surface area contributed by atoms with Gasteiger partial charge in [0.1, 0.15) is 34.5 Å². The second-order valence-corrected chi connectivity index (χ2v) is 39.8. The van der Waals surface area contributed by atoms with E-state index < -0.39 is 0 Å². The van der Waals surface area contributed by atoms with Crippen molar-refractivity contribution in [3.63, 3.8) is 0 Å². The van der Waals surface area contributed by atoms with Crippen LogP contribution in [0.2, 0.25) is 0 Å². The average Bonchev–Trinajstić information content (AvgIpc) is 0.842. The summed E-state index contributed by atoms with van der Waals surface area (Å²) in [6.45, 7) is 0. The van der Waals surface area contributed by atoms with Crippen LogP contribution in [-0.4, -0.2) is 42.7 Å². The van der Waals surface area contributed by atoms with Gasteiger partial charge in [0, 0.05) is 0 Å². The van der Waals surface area contributed by atoms with E-state index in [1.165, 1.54) is 88.1 Å². The van der Waals surface area contributed by atoms with Gasteiger partial charge in [0.25, 0.3) is 0 Å². The predicted octanol–water partition coefficient (Wildman–Crippen LogP) is 10.8. The van der Waals surface area contributed by atoms with Crippen molar-refractivity contribution >= 4 is 65.4 Å². The van der Waals surface area contributed by atoms with E-state index in [-0.39, 0.29) is 93.6 Å². The lowest BCUT2D eigenvalue weighted by Gasteiger charge is -2.08. The molecule has 0 aliphatic carbocycles. The van der Waals surface area contributed by atoms with Crippen LogP contribution < -0.4 is 56.6 Å². The van der Waals surface area contributed by atoms with E-state index >= 15 is 0 Å². The molecule has 18 rings (SSSR count). The highest BCUT2D eigenvalue weighted by molar-refractivity contribution is 7.98. The molecule has 0 spiro atoms. The second kappa shape index (κ2) is 57.5. The number of halogens is 6. The molecule has 6 nitrogen and oxygen atoms in total. The van der Waals surface area contributed by atoms with E-state index in [9.17, 15) is 0 Å². The Labute approximate surface area is 790 Å². The summed E-state index contributed by atoms with van der Waals surface area (Å²) in [5.41, 5.74) is 0. The second-order valence-electron chi connectivity index (χ2n) is 27.6. The maximum atomic E-state index is 5.26. The third kappa shape index (κ3) is 30.3. The molecule has 0 N–H and O–H groups in total. The van der Waals surface area contributed by atoms with Gasteiger partial charge in [-0.1, -0.05) is 218 Å². The smallest absolute Gasteiger partial charge is 0.166 e. The van der Waals surface area contributed by atoms with Crippen LogP contribution in [0.3, 0.4) is 0 Å². The maximum Gasteiger partial charge on any atom is 0.166 e.